The van der Waals surface area contributed by atoms with Gasteiger partial charge in [0.15, 0.2) is 0 Å². The Labute approximate surface area is 105 Å². The van der Waals surface area contributed by atoms with Gasteiger partial charge in [-0.3, -0.25) is 0 Å². The summed E-state index contributed by atoms with van der Waals surface area (Å²) in [7, 11) is 0. The van der Waals surface area contributed by atoms with E-state index in [4.69, 9.17) is 4.74 Å². The fraction of sp³-hybridized carbons (Fsp3) is 0.923. The second kappa shape index (κ2) is 4.16. The van der Waals surface area contributed by atoms with E-state index in [1.807, 2.05) is 53.4 Å². The summed E-state index contributed by atoms with van der Waals surface area (Å²) in [4.78, 5) is 14.0. The van der Waals surface area contributed by atoms with Crippen molar-refractivity contribution in [1.82, 2.24) is 10.2 Å². The zero-order valence-corrected chi connectivity index (χ0v) is 12.2. The molecule has 0 aromatic rings. The van der Waals surface area contributed by atoms with Gasteiger partial charge in [0.05, 0.1) is 24.3 Å². The summed E-state index contributed by atoms with van der Waals surface area (Å²) >= 11 is 0. The summed E-state index contributed by atoms with van der Waals surface area (Å²) in [5, 5.41) is 3.00. The van der Waals surface area contributed by atoms with Crippen LogP contribution in [0.25, 0.3) is 0 Å². The Morgan fingerprint density at radius 3 is 1.88 bits per heavy atom. The maximum absolute atomic E-state index is 12.1. The number of ether oxygens (including phenoxy) is 1. The Morgan fingerprint density at radius 2 is 1.53 bits per heavy atom. The van der Waals surface area contributed by atoms with Crippen molar-refractivity contribution in [3.05, 3.63) is 0 Å². The average Bonchev–Trinajstić information content (AvgIpc) is 1.93. The molecule has 1 rings (SSSR count). The van der Waals surface area contributed by atoms with Crippen LogP contribution in [-0.2, 0) is 4.74 Å². The number of nitrogens with one attached hydrogen (secondary N) is 1. The van der Waals surface area contributed by atoms with Crippen LogP contribution in [0, 0.1) is 0 Å². The molecule has 2 amide bonds. The van der Waals surface area contributed by atoms with E-state index in [0.717, 1.165) is 0 Å². The average molecular weight is 242 g/mol. The maximum atomic E-state index is 12.1. The molecule has 0 unspecified atom stereocenters. The number of hydrogen-bond donors (Lipinski definition) is 1. The smallest absolute Gasteiger partial charge is 0.317 e. The molecule has 0 spiro atoms. The molecule has 0 aromatic heterocycles. The van der Waals surface area contributed by atoms with Gasteiger partial charge in [0.25, 0.3) is 0 Å². The van der Waals surface area contributed by atoms with E-state index in [2.05, 4.69) is 5.32 Å². The van der Waals surface area contributed by atoms with E-state index in [0.29, 0.717) is 13.1 Å². The molecule has 1 N–H and O–H groups in total. The van der Waals surface area contributed by atoms with Gasteiger partial charge in [-0.15, -0.1) is 0 Å². The summed E-state index contributed by atoms with van der Waals surface area (Å²) in [6, 6.07) is -0.0121. The lowest BCUT2D eigenvalue weighted by Gasteiger charge is -2.47. The molecule has 0 bridgehead atoms. The largest absolute Gasteiger partial charge is 0.366 e. The highest BCUT2D eigenvalue weighted by Crippen LogP contribution is 2.28. The third-order valence-corrected chi connectivity index (χ3v) is 2.47. The number of hydrogen-bond acceptors (Lipinski definition) is 2. The fourth-order valence-corrected chi connectivity index (χ4v) is 2.33. The predicted molar refractivity (Wildman–Crippen MR) is 69.1 cm³/mol. The molecular formula is C13H26N2O2. The van der Waals surface area contributed by atoms with Crippen LogP contribution in [0.1, 0.15) is 48.5 Å². The molecule has 0 radical (unpaired) electrons. The van der Waals surface area contributed by atoms with Crippen LogP contribution in [0.2, 0.25) is 0 Å². The van der Waals surface area contributed by atoms with Crippen LogP contribution in [-0.4, -0.2) is 40.8 Å². The number of urea groups is 1. The van der Waals surface area contributed by atoms with E-state index >= 15 is 0 Å². The summed E-state index contributed by atoms with van der Waals surface area (Å²) in [6.45, 7) is 15.3. The number of amides is 2. The minimum atomic E-state index is -0.295. The Kier molecular flexibility index (Phi) is 3.50. The van der Waals surface area contributed by atoms with Crippen LogP contribution in [0.3, 0.4) is 0 Å². The van der Waals surface area contributed by atoms with Crippen molar-refractivity contribution in [3.8, 4) is 0 Å². The molecule has 0 atom stereocenters. The molecule has 4 nitrogen and oxygen atoms in total. The van der Waals surface area contributed by atoms with E-state index in [-0.39, 0.29) is 22.8 Å². The lowest BCUT2D eigenvalue weighted by Crippen LogP contribution is -2.61. The monoisotopic (exact) mass is 242 g/mol. The normalized spacial score (nSPS) is 23.4. The van der Waals surface area contributed by atoms with Crippen molar-refractivity contribution in [2.75, 3.05) is 13.1 Å². The first-order valence-electron chi connectivity index (χ1n) is 6.18. The molecule has 1 heterocycles. The van der Waals surface area contributed by atoms with Gasteiger partial charge in [0.1, 0.15) is 0 Å². The third-order valence-electron chi connectivity index (χ3n) is 2.47. The predicted octanol–water partition coefficient (Wildman–Crippen LogP) is 2.38. The third kappa shape index (κ3) is 4.54. The first-order chi connectivity index (χ1) is 7.40. The van der Waals surface area contributed by atoms with Crippen molar-refractivity contribution in [3.63, 3.8) is 0 Å². The molecule has 100 valence electrons. The van der Waals surface area contributed by atoms with E-state index < -0.39 is 0 Å². The number of rotatable bonds is 0. The molecule has 0 aromatic carbocycles. The van der Waals surface area contributed by atoms with Crippen molar-refractivity contribution < 1.29 is 9.53 Å². The van der Waals surface area contributed by atoms with Crippen molar-refractivity contribution >= 4 is 6.03 Å². The molecule has 1 saturated heterocycles. The quantitative estimate of drug-likeness (QED) is 0.708. The van der Waals surface area contributed by atoms with Gasteiger partial charge in [0.2, 0.25) is 0 Å². The van der Waals surface area contributed by atoms with Crippen molar-refractivity contribution in [2.24, 2.45) is 0 Å². The fourth-order valence-electron chi connectivity index (χ4n) is 2.33. The van der Waals surface area contributed by atoms with Crippen LogP contribution in [0.5, 0.6) is 0 Å². The molecule has 1 aliphatic rings. The second-order valence-electron chi connectivity index (χ2n) is 7.16. The van der Waals surface area contributed by atoms with Crippen molar-refractivity contribution in [1.29, 1.82) is 0 Å². The molecule has 1 aliphatic heterocycles. The Balaban J connectivity index is 2.74. The van der Waals surface area contributed by atoms with E-state index in [9.17, 15) is 4.79 Å². The standard InChI is InChI=1S/C13H26N2O2/c1-11(2,3)14-10(16)15-8-12(4,5)17-13(6,7)9-15/h8-9H2,1-7H3,(H,14,16). The highest BCUT2D eigenvalue weighted by molar-refractivity contribution is 5.75. The summed E-state index contributed by atoms with van der Waals surface area (Å²) in [5.41, 5.74) is -0.794. The number of nitrogens with zero attached hydrogens (tertiary/aromatic N) is 1. The van der Waals surface area contributed by atoms with Crippen LogP contribution in [0.15, 0.2) is 0 Å². The zero-order valence-electron chi connectivity index (χ0n) is 12.2. The molecule has 0 aliphatic carbocycles. The molecule has 4 heteroatoms. The minimum Gasteiger partial charge on any atom is -0.366 e. The van der Waals surface area contributed by atoms with E-state index in [1.54, 1.807) is 0 Å². The van der Waals surface area contributed by atoms with Gasteiger partial charge in [-0.2, -0.15) is 0 Å². The summed E-state index contributed by atoms with van der Waals surface area (Å²) < 4.78 is 5.95. The highest BCUT2D eigenvalue weighted by Gasteiger charge is 2.40. The van der Waals surface area contributed by atoms with Crippen LogP contribution >= 0.6 is 0 Å². The first-order valence-corrected chi connectivity index (χ1v) is 6.18. The molecule has 1 fully saturated rings. The SMILES string of the molecule is CC(C)(C)NC(=O)N1CC(C)(C)OC(C)(C)C1. The lowest BCUT2D eigenvalue weighted by atomic mass is 9.99. The van der Waals surface area contributed by atoms with Gasteiger partial charge in [-0.05, 0) is 48.5 Å². The Morgan fingerprint density at radius 1 is 1.12 bits per heavy atom. The number of carbonyl (C=O) groups excluding carboxylic acids is 1. The van der Waals surface area contributed by atoms with Crippen LogP contribution in [0.4, 0.5) is 4.79 Å². The summed E-state index contributed by atoms with van der Waals surface area (Å²) in [6.07, 6.45) is 0. The minimum absolute atomic E-state index is 0.0121. The van der Waals surface area contributed by atoms with Gasteiger partial charge in [0, 0.05) is 5.54 Å². The second-order valence-corrected chi connectivity index (χ2v) is 7.16. The van der Waals surface area contributed by atoms with E-state index in [1.165, 1.54) is 0 Å². The van der Waals surface area contributed by atoms with Crippen LogP contribution < -0.4 is 5.32 Å². The first kappa shape index (κ1) is 14.3. The topological polar surface area (TPSA) is 41.6 Å². The maximum Gasteiger partial charge on any atom is 0.317 e. The number of carbonyl (C=O) groups is 1. The van der Waals surface area contributed by atoms with Gasteiger partial charge in [-0.1, -0.05) is 0 Å². The van der Waals surface area contributed by atoms with Crippen molar-refractivity contribution in [2.45, 2.75) is 65.2 Å². The van der Waals surface area contributed by atoms with Gasteiger partial charge in [-0.25, -0.2) is 4.79 Å². The lowest BCUT2D eigenvalue weighted by molar-refractivity contribution is -0.170. The molecular weight excluding hydrogens is 216 g/mol. The molecule has 0 saturated carbocycles. The van der Waals surface area contributed by atoms with Gasteiger partial charge >= 0.3 is 6.03 Å². The number of morpholine rings is 1. The molecule has 17 heavy (non-hydrogen) atoms. The van der Waals surface area contributed by atoms with Gasteiger partial charge < -0.3 is 15.0 Å². The summed E-state index contributed by atoms with van der Waals surface area (Å²) in [5.74, 6) is 0. The highest BCUT2D eigenvalue weighted by atomic mass is 16.5. The Bertz CT molecular complexity index is 287. The zero-order chi connectivity index (χ0) is 13.5. The Hall–Kier alpha value is -0.770.